The van der Waals surface area contributed by atoms with Gasteiger partial charge in [-0.2, -0.15) is 10.1 Å². The summed E-state index contributed by atoms with van der Waals surface area (Å²) < 4.78 is 5.32. The third-order valence-corrected chi connectivity index (χ3v) is 3.68. The summed E-state index contributed by atoms with van der Waals surface area (Å²) >= 11 is 0. The molecule has 2 heterocycles. The highest BCUT2D eigenvalue weighted by Crippen LogP contribution is 2.23. The van der Waals surface area contributed by atoms with Gasteiger partial charge < -0.3 is 9.84 Å². The number of hydrogen-bond acceptors (Lipinski definition) is 6. The van der Waals surface area contributed by atoms with Crippen molar-refractivity contribution in [3.8, 4) is 11.6 Å². The second kappa shape index (κ2) is 6.61. The molecule has 0 spiro atoms. The van der Waals surface area contributed by atoms with Crippen LogP contribution in [0.2, 0.25) is 0 Å². The van der Waals surface area contributed by atoms with Crippen LogP contribution in [0.15, 0.2) is 35.1 Å². The Morgan fingerprint density at radius 1 is 1.29 bits per heavy atom. The van der Waals surface area contributed by atoms with E-state index in [0.29, 0.717) is 23.1 Å². The fraction of sp³-hybridized carbons (Fsp3) is 0.312. The van der Waals surface area contributed by atoms with Crippen molar-refractivity contribution in [3.05, 3.63) is 47.6 Å². The number of H-pyrrole nitrogens is 1. The number of aryl methyl sites for hydroxylation is 1. The molecule has 1 amide bonds. The zero-order valence-corrected chi connectivity index (χ0v) is 13.6. The largest absolute Gasteiger partial charge is 0.340 e. The summed E-state index contributed by atoms with van der Waals surface area (Å²) in [4.78, 5) is 20.9. The normalized spacial score (nSPS) is 12.3. The van der Waals surface area contributed by atoms with Crippen molar-refractivity contribution >= 4 is 5.91 Å². The van der Waals surface area contributed by atoms with E-state index in [2.05, 4.69) is 30.6 Å². The summed E-state index contributed by atoms with van der Waals surface area (Å²) in [5.41, 5.74) is 1.53. The molecule has 2 N–H and O–H groups in total. The van der Waals surface area contributed by atoms with Gasteiger partial charge in [0.05, 0.1) is 0 Å². The minimum Gasteiger partial charge on any atom is -0.340 e. The first-order valence-electron chi connectivity index (χ1n) is 7.62. The van der Waals surface area contributed by atoms with E-state index in [1.165, 1.54) is 6.33 Å². The van der Waals surface area contributed by atoms with Gasteiger partial charge in [-0.3, -0.25) is 9.89 Å². The minimum absolute atomic E-state index is 0.0704. The van der Waals surface area contributed by atoms with Crippen molar-refractivity contribution in [3.63, 3.8) is 0 Å². The lowest BCUT2D eigenvalue weighted by atomic mass is 10.0. The van der Waals surface area contributed by atoms with Crippen LogP contribution in [0.3, 0.4) is 0 Å². The van der Waals surface area contributed by atoms with Crippen LogP contribution >= 0.6 is 0 Å². The molecule has 3 aromatic rings. The van der Waals surface area contributed by atoms with Gasteiger partial charge in [-0.1, -0.05) is 37.2 Å². The number of amides is 1. The van der Waals surface area contributed by atoms with Crippen molar-refractivity contribution in [1.29, 1.82) is 0 Å². The zero-order chi connectivity index (χ0) is 17.1. The first-order chi connectivity index (χ1) is 11.6. The molecule has 124 valence electrons. The van der Waals surface area contributed by atoms with Crippen LogP contribution in [-0.2, 0) is 0 Å². The molecule has 1 atom stereocenters. The molecule has 0 aliphatic heterocycles. The van der Waals surface area contributed by atoms with Gasteiger partial charge >= 0.3 is 0 Å². The Balaban J connectivity index is 1.83. The average Bonchev–Trinajstić information content (AvgIpc) is 3.23. The number of carbonyl (C=O) groups excluding carboxylic acids is 1. The molecular formula is C16H18N6O2. The van der Waals surface area contributed by atoms with Crippen molar-refractivity contribution in [2.45, 2.75) is 26.8 Å². The van der Waals surface area contributed by atoms with Gasteiger partial charge in [0.1, 0.15) is 12.4 Å². The SMILES string of the molecule is Cc1ccccc1C(=O)NC(c1nc(-c2ncn[nH]2)no1)C(C)C. The van der Waals surface area contributed by atoms with Gasteiger partial charge in [-0.15, -0.1) is 0 Å². The van der Waals surface area contributed by atoms with Crippen LogP contribution in [0.1, 0.15) is 41.7 Å². The van der Waals surface area contributed by atoms with E-state index in [4.69, 9.17) is 4.52 Å². The summed E-state index contributed by atoms with van der Waals surface area (Å²) in [6.07, 6.45) is 1.37. The molecule has 1 aromatic carbocycles. The molecule has 0 saturated heterocycles. The smallest absolute Gasteiger partial charge is 0.252 e. The van der Waals surface area contributed by atoms with Gasteiger partial charge in [0.2, 0.25) is 11.7 Å². The highest BCUT2D eigenvalue weighted by atomic mass is 16.5. The molecule has 0 aliphatic rings. The average molecular weight is 326 g/mol. The van der Waals surface area contributed by atoms with E-state index >= 15 is 0 Å². The van der Waals surface area contributed by atoms with E-state index in [1.807, 2.05) is 39.0 Å². The molecule has 0 aliphatic carbocycles. The lowest BCUT2D eigenvalue weighted by molar-refractivity contribution is 0.0913. The Morgan fingerprint density at radius 3 is 2.75 bits per heavy atom. The molecule has 8 heteroatoms. The molecule has 0 fully saturated rings. The van der Waals surface area contributed by atoms with Crippen molar-refractivity contribution in [2.75, 3.05) is 0 Å². The first-order valence-corrected chi connectivity index (χ1v) is 7.62. The summed E-state index contributed by atoms with van der Waals surface area (Å²) in [7, 11) is 0. The van der Waals surface area contributed by atoms with Gasteiger partial charge in [0.15, 0.2) is 5.82 Å². The topological polar surface area (TPSA) is 110 Å². The maximum atomic E-state index is 12.6. The number of aromatic nitrogens is 5. The van der Waals surface area contributed by atoms with E-state index in [0.717, 1.165) is 5.56 Å². The predicted molar refractivity (Wildman–Crippen MR) is 85.9 cm³/mol. The Kier molecular flexibility index (Phi) is 4.37. The highest BCUT2D eigenvalue weighted by Gasteiger charge is 2.26. The van der Waals surface area contributed by atoms with E-state index in [1.54, 1.807) is 6.07 Å². The van der Waals surface area contributed by atoms with Crippen molar-refractivity contribution in [1.82, 2.24) is 30.6 Å². The number of rotatable bonds is 5. The zero-order valence-electron chi connectivity index (χ0n) is 13.6. The molecule has 0 saturated carbocycles. The summed E-state index contributed by atoms with van der Waals surface area (Å²) in [5.74, 6) is 0.946. The van der Waals surface area contributed by atoms with Gasteiger partial charge in [0.25, 0.3) is 5.91 Å². The van der Waals surface area contributed by atoms with Crippen LogP contribution in [0.4, 0.5) is 0 Å². The van der Waals surface area contributed by atoms with Gasteiger partial charge in [-0.25, -0.2) is 4.98 Å². The second-order valence-electron chi connectivity index (χ2n) is 5.80. The molecule has 24 heavy (non-hydrogen) atoms. The van der Waals surface area contributed by atoms with Gasteiger partial charge in [0, 0.05) is 5.56 Å². The first kappa shape index (κ1) is 15.9. The molecule has 0 radical (unpaired) electrons. The van der Waals surface area contributed by atoms with E-state index in [-0.39, 0.29) is 11.8 Å². The fourth-order valence-corrected chi connectivity index (χ4v) is 2.33. The Morgan fingerprint density at radius 2 is 2.08 bits per heavy atom. The fourth-order valence-electron chi connectivity index (χ4n) is 2.33. The standard InChI is InChI=1S/C16H18N6O2/c1-9(2)12(19-15(23)11-7-5-4-6-10(11)3)16-20-14(22-24-16)13-17-8-18-21-13/h4-9,12H,1-3H3,(H,19,23)(H,17,18,21). The van der Waals surface area contributed by atoms with E-state index < -0.39 is 6.04 Å². The maximum Gasteiger partial charge on any atom is 0.252 e. The Bertz CT molecular complexity index is 825. The summed E-state index contributed by atoms with van der Waals surface area (Å²) in [6.45, 7) is 5.84. The predicted octanol–water partition coefficient (Wildman–Crippen LogP) is 2.29. The maximum absolute atomic E-state index is 12.6. The van der Waals surface area contributed by atoms with Crippen molar-refractivity contribution < 1.29 is 9.32 Å². The number of hydrogen-bond donors (Lipinski definition) is 2. The lowest BCUT2D eigenvalue weighted by Crippen LogP contribution is -2.32. The molecular weight excluding hydrogens is 308 g/mol. The van der Waals surface area contributed by atoms with Crippen LogP contribution < -0.4 is 5.32 Å². The molecule has 2 aromatic heterocycles. The lowest BCUT2D eigenvalue weighted by Gasteiger charge is -2.19. The van der Waals surface area contributed by atoms with Gasteiger partial charge in [-0.05, 0) is 24.5 Å². The Labute approximate surface area is 138 Å². The van der Waals surface area contributed by atoms with Crippen LogP contribution in [0, 0.1) is 12.8 Å². The molecule has 1 unspecified atom stereocenters. The molecule has 0 bridgehead atoms. The molecule has 3 rings (SSSR count). The third kappa shape index (κ3) is 3.17. The van der Waals surface area contributed by atoms with Crippen LogP contribution in [0.25, 0.3) is 11.6 Å². The number of carbonyl (C=O) groups is 1. The van der Waals surface area contributed by atoms with Crippen LogP contribution in [0.5, 0.6) is 0 Å². The van der Waals surface area contributed by atoms with Crippen LogP contribution in [-0.4, -0.2) is 31.2 Å². The summed E-state index contributed by atoms with van der Waals surface area (Å²) in [5, 5.41) is 13.3. The Hall–Kier alpha value is -3.03. The van der Waals surface area contributed by atoms with Crippen molar-refractivity contribution in [2.24, 2.45) is 5.92 Å². The monoisotopic (exact) mass is 326 g/mol. The minimum atomic E-state index is -0.402. The highest BCUT2D eigenvalue weighted by molar-refractivity contribution is 5.95. The number of nitrogens with one attached hydrogen (secondary N) is 2. The van der Waals surface area contributed by atoms with E-state index in [9.17, 15) is 4.79 Å². The number of nitrogens with zero attached hydrogens (tertiary/aromatic N) is 4. The second-order valence-corrected chi connectivity index (χ2v) is 5.80. The number of aromatic amines is 1. The number of benzene rings is 1. The summed E-state index contributed by atoms with van der Waals surface area (Å²) in [6, 6.07) is 7.01. The quantitative estimate of drug-likeness (QED) is 0.744. The third-order valence-electron chi connectivity index (χ3n) is 3.68. The molecule has 8 nitrogen and oxygen atoms in total.